The van der Waals surface area contributed by atoms with E-state index in [0.29, 0.717) is 0 Å². The van der Waals surface area contributed by atoms with E-state index in [1.54, 1.807) is 6.21 Å². The molecule has 1 rings (SSSR count). The minimum Gasteiger partial charge on any atom is -0.853 e. The minimum atomic E-state index is -0.149. The summed E-state index contributed by atoms with van der Waals surface area (Å²) in [5, 5.41) is 10.3. The zero-order valence-corrected chi connectivity index (χ0v) is 7.10. The average molecular weight is 162 g/mol. The van der Waals surface area contributed by atoms with Gasteiger partial charge < -0.3 is 5.11 Å². The summed E-state index contributed by atoms with van der Waals surface area (Å²) in [5.74, 6) is 0. The first-order valence-corrected chi connectivity index (χ1v) is 3.99. The second kappa shape index (κ2) is 4.67. The predicted molar refractivity (Wildman–Crippen MR) is 48.4 cm³/mol. The molecule has 1 atom stereocenters. The lowest BCUT2D eigenvalue weighted by Crippen LogP contribution is -2.18. The Morgan fingerprint density at radius 3 is 2.67 bits per heavy atom. The largest absolute Gasteiger partial charge is 0.853 e. The van der Waals surface area contributed by atoms with Crippen molar-refractivity contribution in [2.24, 2.45) is 4.99 Å². The molecular formula is C10H12NO-. The van der Waals surface area contributed by atoms with Crippen molar-refractivity contribution in [2.45, 2.75) is 13.0 Å². The lowest BCUT2D eigenvalue weighted by atomic mass is 10.2. The second-order valence-electron chi connectivity index (χ2n) is 2.70. The third-order valence-electron chi connectivity index (χ3n) is 1.52. The zero-order valence-electron chi connectivity index (χ0n) is 7.10. The van der Waals surface area contributed by atoms with Gasteiger partial charge in [-0.3, -0.25) is 4.99 Å². The number of hydrogen-bond acceptors (Lipinski definition) is 2. The van der Waals surface area contributed by atoms with Crippen LogP contribution in [0.3, 0.4) is 0 Å². The van der Waals surface area contributed by atoms with Crippen LogP contribution < -0.4 is 5.11 Å². The second-order valence-corrected chi connectivity index (χ2v) is 2.70. The van der Waals surface area contributed by atoms with Crippen molar-refractivity contribution in [3.8, 4) is 0 Å². The van der Waals surface area contributed by atoms with Crippen LogP contribution in [0, 0.1) is 0 Å². The van der Waals surface area contributed by atoms with Crippen LogP contribution in [-0.2, 0) is 0 Å². The fourth-order valence-electron chi connectivity index (χ4n) is 0.795. The first-order chi connectivity index (χ1) is 5.83. The molecule has 0 heterocycles. The Hall–Kier alpha value is -1.15. The van der Waals surface area contributed by atoms with Gasteiger partial charge >= 0.3 is 0 Å². The Labute approximate surface area is 72.6 Å². The van der Waals surface area contributed by atoms with E-state index in [4.69, 9.17) is 0 Å². The van der Waals surface area contributed by atoms with Crippen molar-refractivity contribution in [1.82, 2.24) is 0 Å². The molecule has 2 heteroatoms. The van der Waals surface area contributed by atoms with Crippen molar-refractivity contribution >= 4 is 6.21 Å². The summed E-state index contributed by atoms with van der Waals surface area (Å²) in [7, 11) is 0. The van der Waals surface area contributed by atoms with Gasteiger partial charge in [0, 0.05) is 12.3 Å². The van der Waals surface area contributed by atoms with Crippen LogP contribution in [0.25, 0.3) is 0 Å². The highest BCUT2D eigenvalue weighted by atomic mass is 16.3. The molecule has 0 saturated heterocycles. The van der Waals surface area contributed by atoms with Crippen LogP contribution in [0.2, 0.25) is 0 Å². The summed E-state index contributed by atoms with van der Waals surface area (Å²) in [4.78, 5) is 4.08. The van der Waals surface area contributed by atoms with Crippen LogP contribution >= 0.6 is 0 Å². The van der Waals surface area contributed by atoms with Gasteiger partial charge in [0.15, 0.2) is 0 Å². The van der Waals surface area contributed by atoms with Gasteiger partial charge in [0.1, 0.15) is 0 Å². The Balaban J connectivity index is 2.58. The summed E-state index contributed by atoms with van der Waals surface area (Å²) in [6.07, 6.45) is 1.74. The lowest BCUT2D eigenvalue weighted by molar-refractivity contribution is -0.370. The highest BCUT2D eigenvalue weighted by Crippen LogP contribution is 1.95. The number of rotatable bonds is 3. The molecule has 1 aromatic rings. The highest BCUT2D eigenvalue weighted by molar-refractivity contribution is 5.79. The van der Waals surface area contributed by atoms with E-state index in [-0.39, 0.29) is 12.6 Å². The average Bonchev–Trinajstić information content (AvgIpc) is 2.16. The number of hydrogen-bond donors (Lipinski definition) is 0. The van der Waals surface area contributed by atoms with Crippen molar-refractivity contribution in [1.29, 1.82) is 0 Å². The van der Waals surface area contributed by atoms with Gasteiger partial charge in [-0.15, -0.1) is 6.61 Å². The van der Waals surface area contributed by atoms with Crippen LogP contribution in [-0.4, -0.2) is 18.9 Å². The zero-order chi connectivity index (χ0) is 8.81. The molecule has 0 fully saturated rings. The smallest absolute Gasteiger partial charge is 0.0319 e. The van der Waals surface area contributed by atoms with E-state index in [0.717, 1.165) is 5.56 Å². The molecule has 12 heavy (non-hydrogen) atoms. The number of benzene rings is 1. The molecular weight excluding hydrogens is 150 g/mol. The van der Waals surface area contributed by atoms with Gasteiger partial charge in [0.2, 0.25) is 0 Å². The molecule has 0 radical (unpaired) electrons. The molecule has 0 aromatic heterocycles. The van der Waals surface area contributed by atoms with Crippen molar-refractivity contribution in [2.75, 3.05) is 6.61 Å². The maximum atomic E-state index is 10.3. The molecule has 0 aliphatic carbocycles. The monoisotopic (exact) mass is 162 g/mol. The molecule has 0 saturated carbocycles. The third-order valence-corrected chi connectivity index (χ3v) is 1.52. The Morgan fingerprint density at radius 2 is 2.08 bits per heavy atom. The van der Waals surface area contributed by atoms with Gasteiger partial charge in [-0.2, -0.15) is 0 Å². The van der Waals surface area contributed by atoms with E-state index in [1.165, 1.54) is 0 Å². The molecule has 0 N–H and O–H groups in total. The maximum Gasteiger partial charge on any atom is 0.0319 e. The Kier molecular flexibility index (Phi) is 3.48. The molecule has 64 valence electrons. The molecule has 0 aliphatic heterocycles. The topological polar surface area (TPSA) is 35.4 Å². The SMILES string of the molecule is C[C@@H](C[O-])N=Cc1ccccc1. The Morgan fingerprint density at radius 1 is 1.42 bits per heavy atom. The summed E-state index contributed by atoms with van der Waals surface area (Å²) >= 11 is 0. The van der Waals surface area contributed by atoms with E-state index < -0.39 is 0 Å². The fourth-order valence-corrected chi connectivity index (χ4v) is 0.795. The van der Waals surface area contributed by atoms with Crippen LogP contribution in [0.5, 0.6) is 0 Å². The predicted octanol–water partition coefficient (Wildman–Crippen LogP) is 0.854. The quantitative estimate of drug-likeness (QED) is 0.607. The van der Waals surface area contributed by atoms with E-state index in [9.17, 15) is 5.11 Å². The van der Waals surface area contributed by atoms with Gasteiger partial charge in [0.05, 0.1) is 0 Å². The van der Waals surface area contributed by atoms with Gasteiger partial charge in [-0.1, -0.05) is 30.3 Å². The van der Waals surface area contributed by atoms with Crippen molar-refractivity contribution in [3.63, 3.8) is 0 Å². The molecule has 0 amide bonds. The van der Waals surface area contributed by atoms with Crippen LogP contribution in [0.4, 0.5) is 0 Å². The molecule has 1 aromatic carbocycles. The normalized spacial score (nSPS) is 13.5. The van der Waals surface area contributed by atoms with Gasteiger partial charge in [-0.25, -0.2) is 0 Å². The van der Waals surface area contributed by atoms with E-state index >= 15 is 0 Å². The molecule has 0 bridgehead atoms. The van der Waals surface area contributed by atoms with Crippen molar-refractivity contribution in [3.05, 3.63) is 35.9 Å². The maximum absolute atomic E-state index is 10.3. The summed E-state index contributed by atoms with van der Waals surface area (Å²) in [6.45, 7) is 1.66. The van der Waals surface area contributed by atoms with Crippen LogP contribution in [0.1, 0.15) is 12.5 Å². The van der Waals surface area contributed by atoms with Crippen molar-refractivity contribution < 1.29 is 5.11 Å². The number of nitrogens with zero attached hydrogens (tertiary/aromatic N) is 1. The summed E-state index contributed by atoms with van der Waals surface area (Å²) in [6, 6.07) is 9.65. The Bertz CT molecular complexity index is 243. The first kappa shape index (κ1) is 8.94. The molecule has 0 spiro atoms. The van der Waals surface area contributed by atoms with Gasteiger partial charge in [-0.05, 0) is 12.5 Å². The fraction of sp³-hybridized carbons (Fsp3) is 0.300. The number of aliphatic imine (C=N–C) groups is 1. The molecule has 0 unspecified atom stereocenters. The third kappa shape index (κ3) is 2.84. The van der Waals surface area contributed by atoms with Gasteiger partial charge in [0.25, 0.3) is 0 Å². The van der Waals surface area contributed by atoms with E-state index in [1.807, 2.05) is 37.3 Å². The summed E-state index contributed by atoms with van der Waals surface area (Å²) in [5.41, 5.74) is 1.04. The first-order valence-electron chi connectivity index (χ1n) is 3.99. The molecule has 0 aliphatic rings. The lowest BCUT2D eigenvalue weighted by Gasteiger charge is -2.07. The summed E-state index contributed by atoms with van der Waals surface area (Å²) < 4.78 is 0. The van der Waals surface area contributed by atoms with Crippen LogP contribution in [0.15, 0.2) is 35.3 Å². The van der Waals surface area contributed by atoms with E-state index in [2.05, 4.69) is 4.99 Å². The standard InChI is InChI=1S/C10H12NO/c1-9(8-12)11-7-10-5-3-2-4-6-10/h2-7,9H,8H2,1H3/q-1/t9-/m0/s1. The molecule has 2 nitrogen and oxygen atoms in total. The highest BCUT2D eigenvalue weighted by Gasteiger charge is 1.87. The minimum absolute atomic E-state index is 0.120.